The summed E-state index contributed by atoms with van der Waals surface area (Å²) < 4.78 is 82.2. The van der Waals surface area contributed by atoms with Crippen molar-refractivity contribution in [3.8, 4) is 0 Å². The smallest absolute Gasteiger partial charge is 0.462 e. The molecule has 4 unspecified atom stereocenters. The van der Waals surface area contributed by atoms with Crippen LogP contribution in [0.4, 0.5) is 0 Å². The van der Waals surface area contributed by atoms with E-state index in [1.807, 2.05) is 6.92 Å². The molecule has 1 aliphatic carbocycles. The van der Waals surface area contributed by atoms with Gasteiger partial charge in [-0.2, -0.15) is 0 Å². The first-order valence-electron chi connectivity index (χ1n) is 25.6. The first-order chi connectivity index (χ1) is 33.9. The fraction of sp³-hybridized carbons (Fsp3) is 0.932. The van der Waals surface area contributed by atoms with Crippen LogP contribution in [0.3, 0.4) is 0 Å². The van der Waals surface area contributed by atoms with Gasteiger partial charge in [-0.15, -0.1) is 0 Å². The van der Waals surface area contributed by atoms with E-state index >= 15 is 0 Å². The van der Waals surface area contributed by atoms with Crippen LogP contribution in [-0.4, -0.2) is 123 Å². The molecule has 0 aromatic carbocycles. The van der Waals surface area contributed by atoms with Crippen molar-refractivity contribution in [3.63, 3.8) is 0 Å². The average molecular weight is 1140 g/mol. The Balaban J connectivity index is 2.82. The number of unbranched alkanes of at least 4 members (excludes halogenated alkanes) is 23. The summed E-state index contributed by atoms with van der Waals surface area (Å²) in [5.74, 6) is -0.524. The SMILES string of the molecule is CCCCCCCCCCCCCCCC(=O)O[C@H](COC(=O)CCCCCCCCCCCCCCSC(=O)CCC)COP(=O)(O)OC1C(O)[C@@H](OP(=O)(O)O)C(OP(=O)(O)O)[C@@H](OP(=O)(O)O)[C@H]1O. The number of phosphoric ester groups is 4. The van der Waals surface area contributed by atoms with E-state index in [0.717, 1.165) is 102 Å². The fourth-order valence-corrected chi connectivity index (χ4v) is 11.6. The van der Waals surface area contributed by atoms with Crippen molar-refractivity contribution in [2.24, 2.45) is 0 Å². The number of carbonyl (C=O) groups is 3. The Labute approximate surface area is 429 Å². The predicted molar refractivity (Wildman–Crippen MR) is 267 cm³/mol. The van der Waals surface area contributed by atoms with Crippen LogP contribution in [0.25, 0.3) is 0 Å². The van der Waals surface area contributed by atoms with E-state index in [-0.39, 0.29) is 18.0 Å². The second-order valence-electron chi connectivity index (χ2n) is 18.2. The molecule has 28 heteroatoms. The maximum Gasteiger partial charge on any atom is 0.472 e. The summed E-state index contributed by atoms with van der Waals surface area (Å²) in [4.78, 5) is 105. The normalized spacial score (nSPS) is 21.0. The molecule has 0 heterocycles. The Morgan fingerprint density at radius 1 is 0.444 bits per heavy atom. The molecule has 23 nitrogen and oxygen atoms in total. The van der Waals surface area contributed by atoms with E-state index in [1.54, 1.807) is 0 Å². The minimum Gasteiger partial charge on any atom is -0.462 e. The van der Waals surface area contributed by atoms with Crippen molar-refractivity contribution < 1.29 is 109 Å². The Hall–Kier alpha value is -0.680. The molecule has 0 radical (unpaired) electrons. The summed E-state index contributed by atoms with van der Waals surface area (Å²) >= 11 is 1.44. The van der Waals surface area contributed by atoms with Crippen LogP contribution in [0.1, 0.15) is 200 Å². The highest BCUT2D eigenvalue weighted by molar-refractivity contribution is 8.13. The third-order valence-electron chi connectivity index (χ3n) is 11.7. The van der Waals surface area contributed by atoms with Gasteiger partial charge in [0.2, 0.25) is 0 Å². The lowest BCUT2D eigenvalue weighted by Gasteiger charge is -2.45. The molecule has 0 saturated heterocycles. The number of esters is 2. The summed E-state index contributed by atoms with van der Waals surface area (Å²) in [7, 11) is -23.0. The Morgan fingerprint density at radius 2 is 0.819 bits per heavy atom. The van der Waals surface area contributed by atoms with Crippen LogP contribution >= 0.6 is 43.1 Å². The second-order valence-corrected chi connectivity index (χ2v) is 24.4. The summed E-state index contributed by atoms with van der Waals surface area (Å²) in [5, 5.41) is 22.1. The molecule has 0 spiro atoms. The van der Waals surface area contributed by atoms with Crippen LogP contribution in [0.5, 0.6) is 0 Å². The van der Waals surface area contributed by atoms with Gasteiger partial charge in [-0.05, 0) is 25.7 Å². The van der Waals surface area contributed by atoms with Gasteiger partial charge in [-0.1, -0.05) is 167 Å². The number of aliphatic hydroxyl groups excluding tert-OH is 2. The minimum atomic E-state index is -5.79. The first-order valence-corrected chi connectivity index (χ1v) is 32.7. The maximum absolute atomic E-state index is 13.3. The van der Waals surface area contributed by atoms with Crippen LogP contribution in [0, 0.1) is 0 Å². The molecule has 0 aliphatic heterocycles. The minimum absolute atomic E-state index is 0.0211. The summed E-state index contributed by atoms with van der Waals surface area (Å²) in [6.45, 7) is 2.53. The van der Waals surface area contributed by atoms with Gasteiger partial charge >= 0.3 is 43.2 Å². The first kappa shape index (κ1) is 69.3. The van der Waals surface area contributed by atoms with Gasteiger partial charge in [-0.3, -0.25) is 37.0 Å². The Bertz CT molecular complexity index is 1640. The number of phosphoric acid groups is 4. The molecule has 426 valence electrons. The molecule has 1 saturated carbocycles. The van der Waals surface area contributed by atoms with E-state index in [0.29, 0.717) is 19.3 Å². The highest BCUT2D eigenvalue weighted by Gasteiger charge is 2.59. The zero-order valence-electron chi connectivity index (χ0n) is 42.1. The molecular formula is C44H86O23P4S. The maximum atomic E-state index is 13.3. The standard InChI is InChI=1S/C44H86O23P4S/c1-3-5-6-7-8-9-10-11-15-18-21-24-27-31-37(46)63-35(33-61-36(45)30-26-23-20-17-14-12-13-16-19-22-25-28-32-72-38(47)29-4-2)34-62-71(59,60)67-41-39(48)42(64-68(50,51)52)44(66-70(56,57)58)43(40(41)49)65-69(53,54)55/h35,39-44,48-49H,3-34H2,1-2H3,(H,59,60)(H2,50,51,52)(H2,53,54,55)(H2,56,57,58)/t35-,39+,40?,41?,42+,43-,44?/m1/s1. The number of carbonyl (C=O) groups excluding carboxylic acids is 3. The van der Waals surface area contributed by atoms with Gasteiger partial charge in [0.1, 0.15) is 43.2 Å². The predicted octanol–water partition coefficient (Wildman–Crippen LogP) is 8.73. The van der Waals surface area contributed by atoms with Crippen molar-refractivity contribution in [1.82, 2.24) is 0 Å². The largest absolute Gasteiger partial charge is 0.472 e. The van der Waals surface area contributed by atoms with E-state index in [9.17, 15) is 77.1 Å². The molecule has 0 bridgehead atoms. The van der Waals surface area contributed by atoms with Crippen LogP contribution in [0.15, 0.2) is 0 Å². The van der Waals surface area contributed by atoms with Crippen molar-refractivity contribution in [2.75, 3.05) is 19.0 Å². The van der Waals surface area contributed by atoms with E-state index in [4.69, 9.17) is 18.5 Å². The molecule has 1 aliphatic rings. The highest BCUT2D eigenvalue weighted by atomic mass is 32.2. The van der Waals surface area contributed by atoms with E-state index < -0.39 is 99.2 Å². The Kier molecular flexibility index (Phi) is 37.4. The van der Waals surface area contributed by atoms with Crippen molar-refractivity contribution in [1.29, 1.82) is 0 Å². The number of hydrogen-bond acceptors (Lipinski definition) is 17. The van der Waals surface area contributed by atoms with Gasteiger partial charge in [0, 0.05) is 25.0 Å². The monoisotopic (exact) mass is 1140 g/mol. The molecule has 0 amide bonds. The number of aliphatic hydroxyl groups is 2. The Morgan fingerprint density at radius 3 is 1.22 bits per heavy atom. The quantitative estimate of drug-likeness (QED) is 0.0156. The molecule has 72 heavy (non-hydrogen) atoms. The summed E-state index contributed by atoms with van der Waals surface area (Å²) in [5.41, 5.74) is 0. The topological polar surface area (TPSA) is 366 Å². The molecule has 8 atom stereocenters. The number of rotatable bonds is 45. The third-order valence-corrected chi connectivity index (χ3v) is 15.2. The number of thioether (sulfide) groups is 1. The molecular weight excluding hydrogens is 1050 g/mol. The zero-order chi connectivity index (χ0) is 54.1. The van der Waals surface area contributed by atoms with E-state index in [1.165, 1.54) is 69.5 Å². The van der Waals surface area contributed by atoms with Crippen LogP contribution in [-0.2, 0) is 64.7 Å². The molecule has 1 rings (SSSR count). The van der Waals surface area contributed by atoms with Gasteiger partial charge < -0.3 is 53.9 Å². The van der Waals surface area contributed by atoms with Gasteiger partial charge in [0.05, 0.1) is 6.61 Å². The fourth-order valence-electron chi connectivity index (χ4n) is 7.99. The number of hydrogen-bond donors (Lipinski definition) is 9. The molecule has 0 aromatic rings. The van der Waals surface area contributed by atoms with Crippen LogP contribution < -0.4 is 0 Å². The third kappa shape index (κ3) is 36.4. The molecule has 1 fully saturated rings. The van der Waals surface area contributed by atoms with Gasteiger partial charge in [0.15, 0.2) is 11.2 Å². The van der Waals surface area contributed by atoms with Crippen LogP contribution in [0.2, 0.25) is 0 Å². The van der Waals surface area contributed by atoms with Crippen molar-refractivity contribution in [2.45, 2.75) is 243 Å². The average Bonchev–Trinajstić information content (AvgIpc) is 3.28. The van der Waals surface area contributed by atoms with Gasteiger partial charge in [0.25, 0.3) is 0 Å². The lowest BCUT2D eigenvalue weighted by atomic mass is 9.85. The van der Waals surface area contributed by atoms with Crippen molar-refractivity contribution in [3.05, 3.63) is 0 Å². The number of ether oxygens (including phenoxy) is 2. The summed E-state index contributed by atoms with van der Waals surface area (Å²) in [6, 6.07) is 0. The van der Waals surface area contributed by atoms with Crippen molar-refractivity contribution >= 4 is 60.1 Å². The summed E-state index contributed by atoms with van der Waals surface area (Å²) in [6.07, 6.45) is 9.59. The van der Waals surface area contributed by atoms with Gasteiger partial charge in [-0.25, -0.2) is 18.3 Å². The second kappa shape index (κ2) is 38.8. The molecule has 9 N–H and O–H groups in total. The lowest BCUT2D eigenvalue weighted by Crippen LogP contribution is -2.65. The van der Waals surface area contributed by atoms with E-state index in [2.05, 4.69) is 20.5 Å². The lowest BCUT2D eigenvalue weighted by molar-refractivity contribution is -0.209. The molecule has 0 aromatic heterocycles. The highest BCUT2D eigenvalue weighted by Crippen LogP contribution is 2.53. The zero-order valence-corrected chi connectivity index (χ0v) is 46.5.